The quantitative estimate of drug-likeness (QED) is 0.721. The average molecular weight is 211 g/mol. The molecule has 3 fully saturated rings. The molecule has 0 aromatic heterocycles. The summed E-state index contributed by atoms with van der Waals surface area (Å²) in [5, 5.41) is 13.5. The number of hydrogen-bond donors (Lipinski definition) is 2. The molecule has 0 aromatic carbocycles. The smallest absolute Gasteiger partial charge is 0.0733 e. The van der Waals surface area contributed by atoms with E-state index in [1.54, 1.807) is 0 Å². The maximum Gasteiger partial charge on any atom is 0.0733 e. The van der Waals surface area contributed by atoms with E-state index >= 15 is 0 Å². The van der Waals surface area contributed by atoms with Crippen molar-refractivity contribution in [1.29, 1.82) is 0 Å². The Hall–Kier alpha value is -0.120. The molecule has 3 nitrogen and oxygen atoms in total. The van der Waals surface area contributed by atoms with Gasteiger partial charge in [0.1, 0.15) is 0 Å². The molecule has 2 N–H and O–H groups in total. The third kappa shape index (κ3) is 1.93. The van der Waals surface area contributed by atoms with Gasteiger partial charge in [0, 0.05) is 12.1 Å². The summed E-state index contributed by atoms with van der Waals surface area (Å²) in [6.07, 6.45) is 8.99. The van der Waals surface area contributed by atoms with Crippen LogP contribution in [0.25, 0.3) is 0 Å². The zero-order valence-electron chi connectivity index (χ0n) is 9.19. The van der Waals surface area contributed by atoms with Crippen molar-refractivity contribution in [3.05, 3.63) is 0 Å². The summed E-state index contributed by atoms with van der Waals surface area (Å²) >= 11 is 0. The predicted molar refractivity (Wildman–Crippen MR) is 57.7 cm³/mol. The third-order valence-electron chi connectivity index (χ3n) is 4.26. The molecule has 0 aromatic rings. The Bertz CT molecular complexity index is 234. The molecule has 1 saturated carbocycles. The SMILES string of the molecule is O[C@H]1CCCC[C@@H]1NC1CC2CCC1O2. The molecule has 3 heteroatoms. The van der Waals surface area contributed by atoms with E-state index in [-0.39, 0.29) is 6.10 Å². The van der Waals surface area contributed by atoms with Gasteiger partial charge in [-0.2, -0.15) is 0 Å². The molecule has 5 atom stereocenters. The minimum Gasteiger partial charge on any atom is -0.392 e. The second kappa shape index (κ2) is 4.04. The normalized spacial score (nSPS) is 49.8. The van der Waals surface area contributed by atoms with Gasteiger partial charge in [0.15, 0.2) is 0 Å². The molecule has 0 radical (unpaired) electrons. The molecule has 0 spiro atoms. The number of aliphatic hydroxyl groups is 1. The number of aliphatic hydroxyl groups excluding tert-OH is 1. The second-order valence-corrected chi connectivity index (χ2v) is 5.34. The van der Waals surface area contributed by atoms with Crippen LogP contribution in [0.5, 0.6) is 0 Å². The lowest BCUT2D eigenvalue weighted by Crippen LogP contribution is -2.50. The lowest BCUT2D eigenvalue weighted by atomic mass is 9.89. The lowest BCUT2D eigenvalue weighted by molar-refractivity contribution is 0.0680. The minimum absolute atomic E-state index is 0.127. The molecular weight excluding hydrogens is 190 g/mol. The van der Waals surface area contributed by atoms with E-state index in [1.807, 2.05) is 0 Å². The fourth-order valence-corrected chi connectivity index (χ4v) is 3.39. The van der Waals surface area contributed by atoms with Gasteiger partial charge in [-0.15, -0.1) is 0 Å². The van der Waals surface area contributed by atoms with Crippen molar-refractivity contribution >= 4 is 0 Å². The maximum absolute atomic E-state index is 9.90. The van der Waals surface area contributed by atoms with Gasteiger partial charge in [-0.1, -0.05) is 12.8 Å². The summed E-state index contributed by atoms with van der Waals surface area (Å²) in [5.41, 5.74) is 0. The Morgan fingerprint density at radius 2 is 1.87 bits per heavy atom. The first kappa shape index (κ1) is 10.1. The molecule has 2 heterocycles. The van der Waals surface area contributed by atoms with E-state index in [2.05, 4.69) is 5.32 Å². The lowest BCUT2D eigenvalue weighted by Gasteiger charge is -2.33. The summed E-state index contributed by atoms with van der Waals surface area (Å²) in [6, 6.07) is 0.841. The molecule has 15 heavy (non-hydrogen) atoms. The molecule has 86 valence electrons. The van der Waals surface area contributed by atoms with Crippen LogP contribution in [-0.4, -0.2) is 35.5 Å². The van der Waals surface area contributed by atoms with Crippen LogP contribution in [0.2, 0.25) is 0 Å². The van der Waals surface area contributed by atoms with Gasteiger partial charge < -0.3 is 15.2 Å². The van der Waals surface area contributed by atoms with Gasteiger partial charge in [0.2, 0.25) is 0 Å². The van der Waals surface area contributed by atoms with Gasteiger partial charge in [-0.05, 0) is 32.1 Å². The van der Waals surface area contributed by atoms with Gasteiger partial charge in [0.05, 0.1) is 18.3 Å². The van der Waals surface area contributed by atoms with Gasteiger partial charge in [-0.3, -0.25) is 0 Å². The fraction of sp³-hybridized carbons (Fsp3) is 1.00. The van der Waals surface area contributed by atoms with Crippen LogP contribution in [0.3, 0.4) is 0 Å². The van der Waals surface area contributed by atoms with Crippen molar-refractivity contribution in [3.63, 3.8) is 0 Å². The summed E-state index contributed by atoms with van der Waals surface area (Å²) in [6.45, 7) is 0. The molecule has 2 aliphatic heterocycles. The summed E-state index contributed by atoms with van der Waals surface area (Å²) in [5.74, 6) is 0. The molecule has 3 aliphatic rings. The largest absolute Gasteiger partial charge is 0.392 e. The van der Waals surface area contributed by atoms with Crippen LogP contribution in [-0.2, 0) is 4.74 Å². The van der Waals surface area contributed by atoms with E-state index in [1.165, 1.54) is 25.7 Å². The first-order valence-corrected chi connectivity index (χ1v) is 6.42. The number of fused-ring (bicyclic) bond motifs is 2. The van der Waals surface area contributed by atoms with E-state index < -0.39 is 0 Å². The predicted octanol–water partition coefficient (Wildman–Crippen LogP) is 1.20. The van der Waals surface area contributed by atoms with Crippen molar-refractivity contribution in [3.8, 4) is 0 Å². The molecule has 1 aliphatic carbocycles. The highest BCUT2D eigenvalue weighted by Crippen LogP contribution is 2.35. The van der Waals surface area contributed by atoms with E-state index in [0.29, 0.717) is 24.3 Å². The first-order valence-electron chi connectivity index (χ1n) is 6.42. The van der Waals surface area contributed by atoms with E-state index in [4.69, 9.17) is 4.74 Å². The second-order valence-electron chi connectivity index (χ2n) is 5.34. The molecule has 3 unspecified atom stereocenters. The van der Waals surface area contributed by atoms with Crippen molar-refractivity contribution in [2.75, 3.05) is 0 Å². The zero-order chi connectivity index (χ0) is 10.3. The Balaban J connectivity index is 1.56. The van der Waals surface area contributed by atoms with Crippen molar-refractivity contribution in [1.82, 2.24) is 5.32 Å². The van der Waals surface area contributed by atoms with Crippen LogP contribution >= 0.6 is 0 Å². The van der Waals surface area contributed by atoms with Crippen molar-refractivity contribution in [2.24, 2.45) is 0 Å². The molecule has 2 bridgehead atoms. The standard InChI is InChI=1S/C12H21NO2/c14-11-4-2-1-3-9(11)13-10-7-8-5-6-12(10)15-8/h8-14H,1-7H2/t8?,9-,10?,11-,12?/m0/s1. The Morgan fingerprint density at radius 3 is 2.53 bits per heavy atom. The Kier molecular flexibility index (Phi) is 2.71. The van der Waals surface area contributed by atoms with Crippen LogP contribution in [0.15, 0.2) is 0 Å². The highest BCUT2D eigenvalue weighted by atomic mass is 16.5. The van der Waals surface area contributed by atoms with Crippen LogP contribution in [0.4, 0.5) is 0 Å². The fourth-order valence-electron chi connectivity index (χ4n) is 3.39. The average Bonchev–Trinajstić information content (AvgIpc) is 2.83. The number of ether oxygens (including phenoxy) is 1. The van der Waals surface area contributed by atoms with Crippen molar-refractivity contribution in [2.45, 2.75) is 75.3 Å². The molecule has 3 rings (SSSR count). The Labute approximate surface area is 91.2 Å². The minimum atomic E-state index is -0.127. The van der Waals surface area contributed by atoms with Crippen LogP contribution in [0, 0.1) is 0 Å². The highest BCUT2D eigenvalue weighted by Gasteiger charge is 2.42. The Morgan fingerprint density at radius 1 is 1.00 bits per heavy atom. The van der Waals surface area contributed by atoms with E-state index in [9.17, 15) is 5.11 Å². The van der Waals surface area contributed by atoms with E-state index in [0.717, 1.165) is 19.3 Å². The summed E-state index contributed by atoms with van der Waals surface area (Å²) in [4.78, 5) is 0. The van der Waals surface area contributed by atoms with Crippen molar-refractivity contribution < 1.29 is 9.84 Å². The molecule has 0 amide bonds. The first-order chi connectivity index (χ1) is 7.33. The number of nitrogens with one attached hydrogen (secondary N) is 1. The maximum atomic E-state index is 9.90. The number of hydrogen-bond acceptors (Lipinski definition) is 3. The van der Waals surface area contributed by atoms with Gasteiger partial charge >= 0.3 is 0 Å². The highest BCUT2D eigenvalue weighted by molar-refractivity contribution is 4.96. The summed E-state index contributed by atoms with van der Waals surface area (Å²) in [7, 11) is 0. The zero-order valence-corrected chi connectivity index (χ0v) is 9.19. The topological polar surface area (TPSA) is 41.5 Å². The summed E-state index contributed by atoms with van der Waals surface area (Å²) < 4.78 is 5.82. The molecular formula is C12H21NO2. The molecule has 2 saturated heterocycles. The monoisotopic (exact) mass is 211 g/mol. The van der Waals surface area contributed by atoms with Gasteiger partial charge in [-0.25, -0.2) is 0 Å². The van der Waals surface area contributed by atoms with Gasteiger partial charge in [0.25, 0.3) is 0 Å². The number of rotatable bonds is 2. The third-order valence-corrected chi connectivity index (χ3v) is 4.26. The van der Waals surface area contributed by atoms with Crippen LogP contribution in [0.1, 0.15) is 44.9 Å². The van der Waals surface area contributed by atoms with Crippen LogP contribution < -0.4 is 5.32 Å².